The Balaban J connectivity index is 4.21. The molecule has 0 aromatic heterocycles. The number of likely N-dealkylation sites (N-methyl/N-ethyl adjacent to an activating group) is 1. The zero-order valence-electron chi connectivity index (χ0n) is 38.2. The summed E-state index contributed by atoms with van der Waals surface area (Å²) in [5.41, 5.74) is 0. The molecular weight excluding hydrogens is 727 g/mol. The van der Waals surface area contributed by atoms with Crippen molar-refractivity contribution in [3.05, 3.63) is 48.6 Å². The highest BCUT2D eigenvalue weighted by Gasteiger charge is 2.31. The zero-order valence-corrected chi connectivity index (χ0v) is 38.2. The summed E-state index contributed by atoms with van der Waals surface area (Å²) in [7, 11) is 5.50. The summed E-state index contributed by atoms with van der Waals surface area (Å²) in [6.45, 7) is 4.56. The summed E-state index contributed by atoms with van der Waals surface area (Å²) >= 11 is 0. The lowest BCUT2D eigenvalue weighted by Crippen LogP contribution is -2.50. The first kappa shape index (κ1) is 55.3. The molecule has 0 amide bonds. The molecule has 0 aliphatic heterocycles. The van der Waals surface area contributed by atoms with Gasteiger partial charge >= 0.3 is 17.9 Å². The van der Waals surface area contributed by atoms with Gasteiger partial charge in [-0.05, 0) is 64.2 Å². The van der Waals surface area contributed by atoms with E-state index in [1.165, 1.54) is 116 Å². The van der Waals surface area contributed by atoms with Crippen LogP contribution in [0.3, 0.4) is 0 Å². The van der Waals surface area contributed by atoms with E-state index in [1.54, 1.807) is 0 Å². The second-order valence-electron chi connectivity index (χ2n) is 17.0. The molecule has 8 nitrogen and oxygen atoms in total. The van der Waals surface area contributed by atoms with E-state index in [0.717, 1.165) is 44.9 Å². The largest absolute Gasteiger partial charge is 0.477 e. The number of aliphatic carboxylic acids is 1. The van der Waals surface area contributed by atoms with Gasteiger partial charge in [0.1, 0.15) is 6.61 Å². The van der Waals surface area contributed by atoms with Crippen molar-refractivity contribution >= 4 is 17.9 Å². The van der Waals surface area contributed by atoms with Crippen LogP contribution in [0.1, 0.15) is 200 Å². The van der Waals surface area contributed by atoms with E-state index in [2.05, 4.69) is 62.5 Å². The Labute approximate surface area is 356 Å². The Hall–Kier alpha value is -2.71. The van der Waals surface area contributed by atoms with Gasteiger partial charge in [-0.2, -0.15) is 0 Å². The quantitative estimate of drug-likeness (QED) is 0.0283. The van der Waals surface area contributed by atoms with Crippen molar-refractivity contribution in [2.45, 2.75) is 212 Å². The van der Waals surface area contributed by atoms with Crippen LogP contribution in [0.2, 0.25) is 0 Å². The van der Waals surface area contributed by atoms with Gasteiger partial charge in [0, 0.05) is 19.3 Å². The number of carboxylic acid groups (broad SMARTS) is 1. The number of carbonyl (C=O) groups is 3. The summed E-state index contributed by atoms with van der Waals surface area (Å²) in [5.74, 6) is -1.54. The Kier molecular flexibility index (Phi) is 39.1. The second kappa shape index (κ2) is 41.0. The van der Waals surface area contributed by atoms with Crippen molar-refractivity contribution in [3.63, 3.8) is 0 Å². The van der Waals surface area contributed by atoms with Crippen LogP contribution in [0.4, 0.5) is 0 Å². The van der Waals surface area contributed by atoms with E-state index in [1.807, 2.05) is 21.1 Å². The lowest BCUT2D eigenvalue weighted by Gasteiger charge is -2.31. The number of carboxylic acids is 1. The highest BCUT2D eigenvalue weighted by molar-refractivity contribution is 5.72. The summed E-state index contributed by atoms with van der Waals surface area (Å²) < 4.78 is 17.2. The number of unbranched alkanes of at least 4 members (excludes halogenated alkanes) is 20. The van der Waals surface area contributed by atoms with Gasteiger partial charge in [-0.3, -0.25) is 9.59 Å². The number of allylic oxidation sites excluding steroid dienone is 8. The van der Waals surface area contributed by atoms with Crippen molar-refractivity contribution in [1.82, 2.24) is 0 Å². The zero-order chi connectivity index (χ0) is 42.8. The summed E-state index contributed by atoms with van der Waals surface area (Å²) in [4.78, 5) is 36.9. The van der Waals surface area contributed by atoms with Crippen LogP contribution in [0.25, 0.3) is 0 Å². The van der Waals surface area contributed by atoms with Crippen molar-refractivity contribution in [1.29, 1.82) is 0 Å². The third-order valence-corrected chi connectivity index (χ3v) is 10.5. The predicted octanol–water partition coefficient (Wildman–Crippen LogP) is 13.2. The van der Waals surface area contributed by atoms with Crippen molar-refractivity contribution < 1.29 is 38.2 Å². The van der Waals surface area contributed by atoms with E-state index in [4.69, 9.17) is 14.2 Å². The average molecular weight is 817 g/mol. The number of ether oxygens (including phenoxy) is 3. The third kappa shape index (κ3) is 38.8. The van der Waals surface area contributed by atoms with Crippen LogP contribution >= 0.6 is 0 Å². The van der Waals surface area contributed by atoms with Crippen LogP contribution in [-0.2, 0) is 28.6 Å². The lowest BCUT2D eigenvalue weighted by molar-refractivity contribution is -0.887. The van der Waals surface area contributed by atoms with Gasteiger partial charge in [-0.25, -0.2) is 4.79 Å². The van der Waals surface area contributed by atoms with E-state index >= 15 is 0 Å². The molecule has 0 aliphatic rings. The van der Waals surface area contributed by atoms with Gasteiger partial charge in [0.25, 0.3) is 0 Å². The maximum atomic E-state index is 12.7. The van der Waals surface area contributed by atoms with Crippen LogP contribution in [0, 0.1) is 0 Å². The first-order valence-electron chi connectivity index (χ1n) is 23.7. The summed E-state index contributed by atoms with van der Waals surface area (Å²) in [6.07, 6.45) is 49.0. The van der Waals surface area contributed by atoms with Crippen LogP contribution in [0.15, 0.2) is 48.6 Å². The minimum Gasteiger partial charge on any atom is -0.477 e. The Morgan fingerprint density at radius 3 is 1.50 bits per heavy atom. The van der Waals surface area contributed by atoms with Crippen molar-refractivity contribution in [2.24, 2.45) is 0 Å². The maximum Gasteiger partial charge on any atom is 0.362 e. The predicted molar refractivity (Wildman–Crippen MR) is 243 cm³/mol. The number of rotatable bonds is 42. The molecule has 2 unspecified atom stereocenters. The Morgan fingerprint density at radius 2 is 0.983 bits per heavy atom. The number of quaternary nitrogens is 1. The monoisotopic (exact) mass is 817 g/mol. The normalized spacial score (nSPS) is 13.3. The molecule has 0 heterocycles. The van der Waals surface area contributed by atoms with E-state index in [9.17, 15) is 19.5 Å². The molecule has 0 aromatic rings. The van der Waals surface area contributed by atoms with E-state index in [0.29, 0.717) is 19.3 Å². The number of nitrogens with zero attached hydrogens (tertiary/aromatic N) is 1. The fourth-order valence-corrected chi connectivity index (χ4v) is 6.82. The molecular formula is C50H90NO7+. The van der Waals surface area contributed by atoms with Gasteiger partial charge in [0.15, 0.2) is 12.1 Å². The Bertz CT molecular complexity index is 1090. The van der Waals surface area contributed by atoms with Gasteiger partial charge < -0.3 is 23.8 Å². The van der Waals surface area contributed by atoms with Gasteiger partial charge in [0.05, 0.1) is 34.4 Å². The SMILES string of the molecule is CC/C=C/C/C=C/C/C=C/CCCC(=O)OC(COCCC(C(=O)O)[N+](C)(C)C)COC(=O)CCCCCCCCC/C=C/CCCCCCCCCCCCCC. The molecule has 0 spiro atoms. The lowest BCUT2D eigenvalue weighted by atomic mass is 10.0. The summed E-state index contributed by atoms with van der Waals surface area (Å²) in [5, 5.41) is 9.61. The molecule has 0 saturated heterocycles. The average Bonchev–Trinajstić information content (AvgIpc) is 3.18. The fourth-order valence-electron chi connectivity index (χ4n) is 6.82. The minimum atomic E-state index is -0.884. The molecule has 0 rings (SSSR count). The van der Waals surface area contributed by atoms with Gasteiger partial charge in [-0.1, -0.05) is 165 Å². The molecule has 8 heteroatoms. The van der Waals surface area contributed by atoms with Gasteiger partial charge in [0.2, 0.25) is 0 Å². The number of hydrogen-bond acceptors (Lipinski definition) is 6. The minimum absolute atomic E-state index is 0.0391. The molecule has 0 bridgehead atoms. The highest BCUT2D eigenvalue weighted by atomic mass is 16.6. The van der Waals surface area contributed by atoms with Crippen LogP contribution in [0.5, 0.6) is 0 Å². The molecule has 0 saturated carbocycles. The number of esters is 2. The summed E-state index contributed by atoms with van der Waals surface area (Å²) in [6, 6.07) is -0.624. The molecule has 0 fully saturated rings. The van der Waals surface area contributed by atoms with Crippen molar-refractivity contribution in [2.75, 3.05) is 41.0 Å². The molecule has 336 valence electrons. The number of carbonyl (C=O) groups excluding carboxylic acids is 2. The maximum absolute atomic E-state index is 12.7. The van der Waals surface area contributed by atoms with Gasteiger partial charge in [-0.15, -0.1) is 0 Å². The topological polar surface area (TPSA) is 99.1 Å². The molecule has 58 heavy (non-hydrogen) atoms. The molecule has 0 aliphatic carbocycles. The number of hydrogen-bond donors (Lipinski definition) is 1. The van der Waals surface area contributed by atoms with E-state index in [-0.39, 0.29) is 42.7 Å². The molecule has 0 aromatic carbocycles. The van der Waals surface area contributed by atoms with Crippen LogP contribution < -0.4 is 0 Å². The molecule has 2 atom stereocenters. The smallest absolute Gasteiger partial charge is 0.362 e. The van der Waals surface area contributed by atoms with E-state index < -0.39 is 18.1 Å². The molecule has 0 radical (unpaired) electrons. The second-order valence-corrected chi connectivity index (χ2v) is 17.0. The first-order chi connectivity index (χ1) is 28.1. The Morgan fingerprint density at radius 1 is 0.534 bits per heavy atom. The van der Waals surface area contributed by atoms with Crippen LogP contribution in [-0.4, -0.2) is 80.6 Å². The third-order valence-electron chi connectivity index (χ3n) is 10.5. The first-order valence-corrected chi connectivity index (χ1v) is 23.7. The highest BCUT2D eigenvalue weighted by Crippen LogP contribution is 2.15. The standard InChI is InChI=1S/C50H89NO7/c1-6-8-10-12-14-16-18-19-20-21-22-23-24-25-26-27-28-29-31-32-34-36-38-40-48(52)57-45-46(44-56-43-42-47(50(54)55)51(3,4)5)58-49(53)41-39-37-35-33-30-17-15-13-11-9-7-2/h9,11,15,17,25-26,33,35,46-47H,6-8,10,12-14,16,18-24,27-32,34,36-45H2,1-5H3/p+1/b11-9+,17-15+,26-25+,35-33+. The molecule has 1 N–H and O–H groups in total. The van der Waals surface area contributed by atoms with Crippen molar-refractivity contribution in [3.8, 4) is 0 Å². The fraction of sp³-hybridized carbons (Fsp3) is 0.780.